The highest BCUT2D eigenvalue weighted by atomic mass is 19.4. The van der Waals surface area contributed by atoms with E-state index in [9.17, 15) is 18.0 Å². The first-order chi connectivity index (χ1) is 12.8. The number of ether oxygens (including phenoxy) is 1. The van der Waals surface area contributed by atoms with Crippen LogP contribution in [0.4, 0.5) is 13.2 Å². The Labute approximate surface area is 155 Å². The Bertz CT molecular complexity index is 782. The van der Waals surface area contributed by atoms with Crippen LogP contribution < -0.4 is 4.74 Å². The lowest BCUT2D eigenvalue weighted by Gasteiger charge is -2.08. The summed E-state index contributed by atoms with van der Waals surface area (Å²) in [5, 5.41) is 3.98. The fraction of sp³-hybridized carbons (Fsp3) is 0.300. The topological polar surface area (TPSA) is 47.9 Å². The van der Waals surface area contributed by atoms with E-state index in [1.807, 2.05) is 0 Å². The molecule has 0 spiro atoms. The zero-order valence-electron chi connectivity index (χ0n) is 15.0. The lowest BCUT2D eigenvalue weighted by atomic mass is 10.1. The molecule has 0 bridgehead atoms. The van der Waals surface area contributed by atoms with Crippen molar-refractivity contribution in [3.63, 3.8) is 0 Å². The van der Waals surface area contributed by atoms with Gasteiger partial charge in [0.25, 0.3) is 0 Å². The molecule has 0 N–H and O–H groups in total. The highest BCUT2D eigenvalue weighted by Crippen LogP contribution is 2.29. The van der Waals surface area contributed by atoms with Crippen LogP contribution in [0.15, 0.2) is 53.7 Å². The number of halogens is 3. The van der Waals surface area contributed by atoms with E-state index < -0.39 is 11.7 Å². The van der Waals surface area contributed by atoms with E-state index >= 15 is 0 Å². The van der Waals surface area contributed by atoms with Crippen molar-refractivity contribution in [1.29, 1.82) is 0 Å². The first-order valence-corrected chi connectivity index (χ1v) is 8.37. The minimum Gasteiger partial charge on any atom is -0.486 e. The molecule has 0 amide bonds. The molecule has 0 fully saturated rings. The molecule has 0 heterocycles. The summed E-state index contributed by atoms with van der Waals surface area (Å²) in [6, 6.07) is 11.8. The first-order valence-electron chi connectivity index (χ1n) is 8.37. The van der Waals surface area contributed by atoms with E-state index in [4.69, 9.17) is 9.57 Å². The Morgan fingerprint density at radius 3 is 2.22 bits per heavy atom. The number of alkyl halides is 3. The number of oxime groups is 1. The molecule has 7 heteroatoms. The number of carbonyl (C=O) groups is 1. The van der Waals surface area contributed by atoms with E-state index in [1.54, 1.807) is 38.1 Å². The molecule has 0 radical (unpaired) electrons. The molecule has 0 saturated heterocycles. The van der Waals surface area contributed by atoms with E-state index in [0.717, 1.165) is 17.7 Å². The van der Waals surface area contributed by atoms with Crippen molar-refractivity contribution in [3.8, 4) is 5.75 Å². The van der Waals surface area contributed by atoms with Gasteiger partial charge in [0.2, 0.25) is 0 Å². The van der Waals surface area contributed by atoms with Gasteiger partial charge in [-0.1, -0.05) is 24.2 Å². The molecule has 0 aromatic heterocycles. The number of rotatable bonds is 8. The van der Waals surface area contributed by atoms with Gasteiger partial charge in [-0.2, -0.15) is 13.2 Å². The van der Waals surface area contributed by atoms with Crippen LogP contribution in [-0.4, -0.2) is 18.1 Å². The largest absolute Gasteiger partial charge is 0.486 e. The fourth-order valence-corrected chi connectivity index (χ4v) is 2.10. The molecular weight excluding hydrogens is 359 g/mol. The molecule has 0 atom stereocenters. The van der Waals surface area contributed by atoms with Gasteiger partial charge < -0.3 is 9.57 Å². The second kappa shape index (κ2) is 9.21. The average Bonchev–Trinajstić information content (AvgIpc) is 2.66. The minimum absolute atomic E-state index is 0.0217. The molecule has 27 heavy (non-hydrogen) atoms. The standard InChI is InChI=1S/C20H20F3NO3/c1-3-18(25)13-26-19-10-6-16(7-11-19)14(2)24-27-12-15-4-8-17(9-5-15)20(21,22)23/h4-11H,3,12-13H2,1-2H3. The van der Waals surface area contributed by atoms with E-state index in [-0.39, 0.29) is 19.0 Å². The summed E-state index contributed by atoms with van der Waals surface area (Å²) in [6.45, 7) is 3.64. The van der Waals surface area contributed by atoms with Crippen LogP contribution in [0.25, 0.3) is 0 Å². The molecule has 2 aromatic rings. The van der Waals surface area contributed by atoms with Gasteiger partial charge in [0, 0.05) is 6.42 Å². The van der Waals surface area contributed by atoms with Gasteiger partial charge in [-0.25, -0.2) is 0 Å². The third-order valence-electron chi connectivity index (χ3n) is 3.78. The minimum atomic E-state index is -4.35. The molecular formula is C20H20F3NO3. The second-order valence-corrected chi connectivity index (χ2v) is 5.85. The summed E-state index contributed by atoms with van der Waals surface area (Å²) >= 11 is 0. The van der Waals surface area contributed by atoms with Crippen molar-refractivity contribution in [2.24, 2.45) is 5.16 Å². The highest BCUT2D eigenvalue weighted by molar-refractivity contribution is 5.98. The normalized spacial score (nSPS) is 12.0. The van der Waals surface area contributed by atoms with Gasteiger partial charge in [-0.05, 0) is 54.4 Å². The molecule has 0 unspecified atom stereocenters. The Balaban J connectivity index is 1.89. The predicted molar refractivity (Wildman–Crippen MR) is 95.7 cm³/mol. The zero-order chi connectivity index (χ0) is 19.9. The van der Waals surface area contributed by atoms with Gasteiger partial charge in [0.1, 0.15) is 19.0 Å². The van der Waals surface area contributed by atoms with Crippen molar-refractivity contribution in [2.75, 3.05) is 6.61 Å². The molecule has 0 saturated carbocycles. The number of Topliss-reactive ketones (excluding diaryl/α,β-unsaturated/α-hetero) is 1. The Morgan fingerprint density at radius 2 is 1.67 bits per heavy atom. The second-order valence-electron chi connectivity index (χ2n) is 5.85. The Hall–Kier alpha value is -2.83. The molecule has 4 nitrogen and oxygen atoms in total. The number of ketones is 1. The SMILES string of the molecule is CCC(=O)COc1ccc(C(C)=NOCc2ccc(C(F)(F)F)cc2)cc1. The highest BCUT2D eigenvalue weighted by Gasteiger charge is 2.29. The maximum atomic E-state index is 12.5. The average molecular weight is 379 g/mol. The molecule has 0 aliphatic rings. The van der Waals surface area contributed by atoms with Crippen LogP contribution in [0, 0.1) is 0 Å². The molecule has 2 aromatic carbocycles. The number of hydrogen-bond donors (Lipinski definition) is 0. The third-order valence-corrected chi connectivity index (χ3v) is 3.78. The summed E-state index contributed by atoms with van der Waals surface area (Å²) in [5.74, 6) is 0.604. The molecule has 2 rings (SSSR count). The maximum absolute atomic E-state index is 12.5. The van der Waals surface area contributed by atoms with Crippen LogP contribution >= 0.6 is 0 Å². The monoisotopic (exact) mass is 379 g/mol. The number of nitrogens with zero attached hydrogens (tertiary/aromatic N) is 1. The molecule has 0 aliphatic carbocycles. The van der Waals surface area contributed by atoms with Crippen molar-refractivity contribution < 1.29 is 27.5 Å². The predicted octanol–water partition coefficient (Wildman–Crippen LogP) is 5.00. The van der Waals surface area contributed by atoms with E-state index in [2.05, 4.69) is 5.16 Å². The Morgan fingerprint density at radius 1 is 1.04 bits per heavy atom. The first kappa shape index (κ1) is 20.5. The molecule has 0 aliphatic heterocycles. The summed E-state index contributed by atoms with van der Waals surface area (Å²) in [7, 11) is 0. The summed E-state index contributed by atoms with van der Waals surface area (Å²) in [5.41, 5.74) is 1.30. The fourth-order valence-electron chi connectivity index (χ4n) is 2.10. The lowest BCUT2D eigenvalue weighted by molar-refractivity contribution is -0.137. The maximum Gasteiger partial charge on any atom is 0.416 e. The van der Waals surface area contributed by atoms with Crippen LogP contribution in [0.2, 0.25) is 0 Å². The lowest BCUT2D eigenvalue weighted by Crippen LogP contribution is -2.09. The van der Waals surface area contributed by atoms with Gasteiger partial charge >= 0.3 is 6.18 Å². The number of benzene rings is 2. The van der Waals surface area contributed by atoms with Crippen molar-refractivity contribution in [1.82, 2.24) is 0 Å². The number of carbonyl (C=O) groups excluding carboxylic acids is 1. The summed E-state index contributed by atoms with van der Waals surface area (Å²) in [6.07, 6.45) is -3.92. The van der Waals surface area contributed by atoms with Gasteiger partial charge in [0.05, 0.1) is 11.3 Å². The van der Waals surface area contributed by atoms with Crippen LogP contribution in [0.5, 0.6) is 5.75 Å². The van der Waals surface area contributed by atoms with Crippen LogP contribution in [0.1, 0.15) is 37.0 Å². The van der Waals surface area contributed by atoms with Crippen LogP contribution in [0.3, 0.4) is 0 Å². The zero-order valence-corrected chi connectivity index (χ0v) is 15.0. The summed E-state index contributed by atoms with van der Waals surface area (Å²) < 4.78 is 42.9. The van der Waals surface area contributed by atoms with Crippen LogP contribution in [-0.2, 0) is 22.4 Å². The van der Waals surface area contributed by atoms with Crippen molar-refractivity contribution in [2.45, 2.75) is 33.1 Å². The quantitative estimate of drug-likeness (QED) is 0.479. The smallest absolute Gasteiger partial charge is 0.416 e. The number of hydrogen-bond acceptors (Lipinski definition) is 4. The Kier molecular flexibility index (Phi) is 6.98. The van der Waals surface area contributed by atoms with Crippen molar-refractivity contribution in [3.05, 3.63) is 65.2 Å². The van der Waals surface area contributed by atoms with E-state index in [0.29, 0.717) is 23.4 Å². The van der Waals surface area contributed by atoms with Crippen molar-refractivity contribution >= 4 is 11.5 Å². The van der Waals surface area contributed by atoms with Gasteiger partial charge in [-0.3, -0.25) is 4.79 Å². The summed E-state index contributed by atoms with van der Waals surface area (Å²) in [4.78, 5) is 16.5. The molecule has 144 valence electrons. The third kappa shape index (κ3) is 6.44. The van der Waals surface area contributed by atoms with Gasteiger partial charge in [0.15, 0.2) is 5.78 Å². The van der Waals surface area contributed by atoms with Gasteiger partial charge in [-0.15, -0.1) is 0 Å². The van der Waals surface area contributed by atoms with E-state index in [1.165, 1.54) is 12.1 Å².